The van der Waals surface area contributed by atoms with Crippen molar-refractivity contribution in [2.45, 2.75) is 12.1 Å². The van der Waals surface area contributed by atoms with E-state index in [9.17, 15) is 4.79 Å². The van der Waals surface area contributed by atoms with Gasteiger partial charge in [0.2, 0.25) is 0 Å². The van der Waals surface area contributed by atoms with E-state index >= 15 is 0 Å². The molecule has 0 N–H and O–H groups in total. The van der Waals surface area contributed by atoms with Crippen LogP contribution in [0.4, 0.5) is 5.69 Å². The lowest BCUT2D eigenvalue weighted by molar-refractivity contribution is -0.146. The van der Waals surface area contributed by atoms with Gasteiger partial charge in [-0.2, -0.15) is 0 Å². The largest absolute Gasteiger partial charge is 0.468 e. The maximum absolute atomic E-state index is 12.3. The molecule has 7 heteroatoms. The van der Waals surface area contributed by atoms with Crippen LogP contribution in [0.2, 0.25) is 0 Å². The monoisotopic (exact) mass is 343 g/mol. The summed E-state index contributed by atoms with van der Waals surface area (Å²) in [5.74, 6) is 0.855. The minimum atomic E-state index is -0.549. The molecule has 0 aromatic carbocycles. The topological polar surface area (TPSA) is 68.0 Å². The number of pyridine rings is 1. The number of nitrogens with zero attached hydrogens (tertiary/aromatic N) is 3. The van der Waals surface area contributed by atoms with Crippen molar-refractivity contribution in [3.05, 3.63) is 48.7 Å². The molecule has 1 atom stereocenters. The van der Waals surface area contributed by atoms with Crippen LogP contribution in [0, 0.1) is 0 Å². The Morgan fingerprint density at radius 3 is 3.00 bits per heavy atom. The molecule has 0 bridgehead atoms. The van der Waals surface area contributed by atoms with Gasteiger partial charge in [0.15, 0.2) is 0 Å². The third kappa shape index (κ3) is 3.58. The fraction of sp³-hybridized carbons (Fsp3) is 0.444. The molecule has 0 radical (unpaired) electrons. The summed E-state index contributed by atoms with van der Waals surface area (Å²) in [6.45, 7) is 3.77. The Morgan fingerprint density at radius 1 is 1.24 bits per heavy atom. The van der Waals surface area contributed by atoms with Crippen LogP contribution in [0.1, 0.15) is 5.76 Å². The standard InChI is InChI=1S/C18H21N3O4/c22-17-11-25-18(13-21(17)15-3-1-5-19-9-15)12-20(6-8-23-14-18)10-16-4-2-7-24-16/h1-5,7,9H,6,8,10-14H2. The van der Waals surface area contributed by atoms with E-state index in [1.807, 2.05) is 24.3 Å². The average molecular weight is 343 g/mol. The van der Waals surface area contributed by atoms with Gasteiger partial charge >= 0.3 is 0 Å². The zero-order valence-electron chi connectivity index (χ0n) is 14.0. The number of ether oxygens (including phenoxy) is 2. The van der Waals surface area contributed by atoms with Gasteiger partial charge in [0.05, 0.1) is 44.5 Å². The maximum atomic E-state index is 12.3. The SMILES string of the molecule is O=C1COC2(COCCN(Cc3ccco3)C2)CN1c1cccnc1. The number of morpholine rings is 1. The van der Waals surface area contributed by atoms with Gasteiger partial charge in [-0.25, -0.2) is 0 Å². The number of anilines is 1. The molecule has 0 saturated carbocycles. The molecule has 1 spiro atoms. The highest BCUT2D eigenvalue weighted by atomic mass is 16.6. The molecule has 2 aliphatic heterocycles. The van der Waals surface area contributed by atoms with Crippen molar-refractivity contribution in [3.63, 3.8) is 0 Å². The number of furan rings is 1. The Bertz CT molecular complexity index is 706. The van der Waals surface area contributed by atoms with Gasteiger partial charge < -0.3 is 18.8 Å². The van der Waals surface area contributed by atoms with Crippen LogP contribution in [0.25, 0.3) is 0 Å². The van der Waals surface area contributed by atoms with Crippen LogP contribution >= 0.6 is 0 Å². The summed E-state index contributed by atoms with van der Waals surface area (Å²) in [6, 6.07) is 7.57. The second-order valence-electron chi connectivity index (χ2n) is 6.51. The van der Waals surface area contributed by atoms with Crippen LogP contribution in [0.3, 0.4) is 0 Å². The van der Waals surface area contributed by atoms with Crippen molar-refractivity contribution in [3.8, 4) is 0 Å². The first kappa shape index (κ1) is 16.3. The Morgan fingerprint density at radius 2 is 2.20 bits per heavy atom. The van der Waals surface area contributed by atoms with E-state index in [1.165, 1.54) is 0 Å². The highest BCUT2D eigenvalue weighted by molar-refractivity contribution is 5.95. The molecule has 2 aromatic heterocycles. The normalized spacial score (nSPS) is 25.3. The smallest absolute Gasteiger partial charge is 0.253 e. The number of rotatable bonds is 3. The molecule has 2 saturated heterocycles. The molecule has 2 fully saturated rings. The van der Waals surface area contributed by atoms with Crippen LogP contribution in [0.15, 0.2) is 47.3 Å². The van der Waals surface area contributed by atoms with Gasteiger partial charge in [-0.05, 0) is 24.3 Å². The number of aromatic nitrogens is 1. The summed E-state index contributed by atoms with van der Waals surface area (Å²) in [4.78, 5) is 20.5. The molecule has 1 amide bonds. The molecule has 1 unspecified atom stereocenters. The maximum Gasteiger partial charge on any atom is 0.253 e. The molecule has 132 valence electrons. The van der Waals surface area contributed by atoms with Gasteiger partial charge in [0.1, 0.15) is 18.0 Å². The number of carbonyl (C=O) groups excluding carboxylic acids is 1. The van der Waals surface area contributed by atoms with Gasteiger partial charge in [-0.1, -0.05) is 0 Å². The second-order valence-corrected chi connectivity index (χ2v) is 6.51. The number of hydrogen-bond acceptors (Lipinski definition) is 6. The molecule has 2 aliphatic rings. The summed E-state index contributed by atoms with van der Waals surface area (Å²) < 4.78 is 17.3. The first-order chi connectivity index (χ1) is 12.2. The number of carbonyl (C=O) groups is 1. The van der Waals surface area contributed by atoms with Crippen LogP contribution in [-0.2, 0) is 20.8 Å². The van der Waals surface area contributed by atoms with E-state index in [0.717, 1.165) is 18.0 Å². The molecule has 25 heavy (non-hydrogen) atoms. The van der Waals surface area contributed by atoms with Crippen molar-refractivity contribution < 1.29 is 18.7 Å². The summed E-state index contributed by atoms with van der Waals surface area (Å²) in [6.07, 6.45) is 5.08. The highest BCUT2D eigenvalue weighted by Crippen LogP contribution is 2.27. The summed E-state index contributed by atoms with van der Waals surface area (Å²) in [7, 11) is 0. The van der Waals surface area contributed by atoms with Gasteiger partial charge in [0, 0.05) is 19.3 Å². The molecular weight excluding hydrogens is 322 g/mol. The van der Waals surface area contributed by atoms with Gasteiger partial charge in [0.25, 0.3) is 5.91 Å². The lowest BCUT2D eigenvalue weighted by Gasteiger charge is -2.42. The fourth-order valence-corrected chi connectivity index (χ4v) is 3.39. The molecule has 2 aromatic rings. The quantitative estimate of drug-likeness (QED) is 0.837. The van der Waals surface area contributed by atoms with Crippen LogP contribution in [0.5, 0.6) is 0 Å². The predicted molar refractivity (Wildman–Crippen MR) is 90.1 cm³/mol. The van der Waals surface area contributed by atoms with E-state index in [0.29, 0.717) is 32.8 Å². The van der Waals surface area contributed by atoms with Crippen molar-refractivity contribution in [2.24, 2.45) is 0 Å². The summed E-state index contributed by atoms with van der Waals surface area (Å²) >= 11 is 0. The van der Waals surface area contributed by atoms with E-state index in [1.54, 1.807) is 23.6 Å². The average Bonchev–Trinajstić information content (AvgIpc) is 3.07. The molecule has 7 nitrogen and oxygen atoms in total. The van der Waals surface area contributed by atoms with Crippen molar-refractivity contribution in [1.82, 2.24) is 9.88 Å². The van der Waals surface area contributed by atoms with Gasteiger partial charge in [-0.3, -0.25) is 14.7 Å². The predicted octanol–water partition coefficient (Wildman–Crippen LogP) is 1.31. The van der Waals surface area contributed by atoms with Crippen molar-refractivity contribution in [2.75, 3.05) is 44.4 Å². The van der Waals surface area contributed by atoms with Gasteiger partial charge in [-0.15, -0.1) is 0 Å². The van der Waals surface area contributed by atoms with E-state index in [-0.39, 0.29) is 12.5 Å². The van der Waals surface area contributed by atoms with Crippen LogP contribution in [-0.4, -0.2) is 60.8 Å². The number of amides is 1. The molecule has 4 rings (SSSR count). The third-order valence-electron chi connectivity index (χ3n) is 4.60. The van der Waals surface area contributed by atoms with E-state index < -0.39 is 5.60 Å². The molecular formula is C18H21N3O4. The second kappa shape index (κ2) is 6.95. The fourth-order valence-electron chi connectivity index (χ4n) is 3.39. The third-order valence-corrected chi connectivity index (χ3v) is 4.60. The van der Waals surface area contributed by atoms with Crippen molar-refractivity contribution in [1.29, 1.82) is 0 Å². The molecule has 4 heterocycles. The Kier molecular flexibility index (Phi) is 4.52. The Hall–Kier alpha value is -2.22. The van der Waals surface area contributed by atoms with E-state index in [2.05, 4.69) is 9.88 Å². The zero-order valence-corrected chi connectivity index (χ0v) is 14.0. The minimum absolute atomic E-state index is 0.0485. The summed E-state index contributed by atoms with van der Waals surface area (Å²) in [5, 5.41) is 0. The summed E-state index contributed by atoms with van der Waals surface area (Å²) in [5.41, 5.74) is 0.240. The minimum Gasteiger partial charge on any atom is -0.468 e. The van der Waals surface area contributed by atoms with E-state index in [4.69, 9.17) is 13.9 Å². The first-order valence-corrected chi connectivity index (χ1v) is 8.41. The first-order valence-electron chi connectivity index (χ1n) is 8.41. The highest BCUT2D eigenvalue weighted by Gasteiger charge is 2.43. The van der Waals surface area contributed by atoms with Crippen molar-refractivity contribution >= 4 is 11.6 Å². The van der Waals surface area contributed by atoms with Crippen LogP contribution < -0.4 is 4.90 Å². The lowest BCUT2D eigenvalue weighted by atomic mass is 10.0. The lowest BCUT2D eigenvalue weighted by Crippen LogP contribution is -2.60. The molecule has 0 aliphatic carbocycles. The Balaban J connectivity index is 1.53. The zero-order chi connectivity index (χ0) is 17.1. The Labute approximate surface area is 146 Å². The number of hydrogen-bond donors (Lipinski definition) is 0.